The van der Waals surface area contributed by atoms with Crippen LogP contribution in [0.3, 0.4) is 0 Å². The van der Waals surface area contributed by atoms with Gasteiger partial charge in [0.05, 0.1) is 11.1 Å². The van der Waals surface area contributed by atoms with Crippen molar-refractivity contribution in [3.05, 3.63) is 74.9 Å². The maximum atomic E-state index is 12.8. The molecule has 0 bridgehead atoms. The van der Waals surface area contributed by atoms with E-state index in [1.807, 2.05) is 0 Å². The number of non-ortho nitro benzene ring substituents is 1. The molecule has 2 aromatic carbocycles. The molecule has 3 N–H and O–H groups in total. The number of hydrogen-bond acceptors (Lipinski definition) is 10. The molecule has 4 rings (SSSR count). The average molecular weight is 454 g/mol. The molecule has 2 heterocycles. The van der Waals surface area contributed by atoms with E-state index in [2.05, 4.69) is 35.8 Å². The van der Waals surface area contributed by atoms with Gasteiger partial charge in [0, 0.05) is 22.7 Å². The Kier molecular flexibility index (Phi) is 5.55. The molecule has 160 valence electrons. The van der Waals surface area contributed by atoms with E-state index in [0.717, 1.165) is 4.68 Å². The van der Waals surface area contributed by atoms with Crippen LogP contribution in [0.15, 0.2) is 58.3 Å². The molecule has 0 aliphatic rings. The number of aromatic nitrogens is 5. The van der Waals surface area contributed by atoms with Gasteiger partial charge in [0.25, 0.3) is 11.6 Å². The third kappa shape index (κ3) is 4.13. The minimum Gasteiger partial charge on any atom is -0.378 e. The van der Waals surface area contributed by atoms with Gasteiger partial charge in [-0.15, -0.1) is 5.10 Å². The van der Waals surface area contributed by atoms with Gasteiger partial charge in [0.1, 0.15) is 5.69 Å². The van der Waals surface area contributed by atoms with Crippen LogP contribution < -0.4 is 11.2 Å². The van der Waals surface area contributed by atoms with Crippen molar-refractivity contribution in [2.45, 2.75) is 0 Å². The number of benzene rings is 2. The van der Waals surface area contributed by atoms with Crippen LogP contribution in [0.5, 0.6) is 0 Å². The number of nitro groups is 1. The predicted molar refractivity (Wildman–Crippen MR) is 112 cm³/mol. The fraction of sp³-hybridized carbons (Fsp3) is 0. The summed E-state index contributed by atoms with van der Waals surface area (Å²) >= 11 is 5.92. The van der Waals surface area contributed by atoms with Crippen LogP contribution in [-0.4, -0.2) is 42.4 Å². The smallest absolute Gasteiger partial charge is 0.294 e. The van der Waals surface area contributed by atoms with Crippen molar-refractivity contribution < 1.29 is 14.3 Å². The summed E-state index contributed by atoms with van der Waals surface area (Å²) in [5.41, 5.74) is 9.03. The fourth-order valence-corrected chi connectivity index (χ4v) is 2.92. The van der Waals surface area contributed by atoms with Gasteiger partial charge in [0.15, 0.2) is 5.69 Å². The molecule has 0 unspecified atom stereocenters. The summed E-state index contributed by atoms with van der Waals surface area (Å²) in [5.74, 6) is -0.797. The number of rotatable bonds is 6. The van der Waals surface area contributed by atoms with E-state index in [1.165, 1.54) is 30.5 Å². The Balaban J connectivity index is 1.70. The number of hydrogen-bond donors (Lipinski definition) is 2. The Morgan fingerprint density at radius 3 is 2.69 bits per heavy atom. The van der Waals surface area contributed by atoms with Crippen LogP contribution in [-0.2, 0) is 0 Å². The highest BCUT2D eigenvalue weighted by Crippen LogP contribution is 2.28. The second-order valence-electron chi connectivity index (χ2n) is 6.23. The molecule has 32 heavy (non-hydrogen) atoms. The van der Waals surface area contributed by atoms with E-state index in [4.69, 9.17) is 17.3 Å². The lowest BCUT2D eigenvalue weighted by atomic mass is 10.1. The number of nitrogens with two attached hydrogens (primary N) is 1. The Bertz CT molecular complexity index is 1330. The number of carbonyl (C=O) groups is 1. The highest BCUT2D eigenvalue weighted by molar-refractivity contribution is 6.30. The minimum absolute atomic E-state index is 0.00710. The first-order chi connectivity index (χ1) is 15.4. The van der Waals surface area contributed by atoms with Gasteiger partial charge in [0.2, 0.25) is 11.6 Å². The summed E-state index contributed by atoms with van der Waals surface area (Å²) < 4.78 is 5.74. The van der Waals surface area contributed by atoms with E-state index >= 15 is 0 Å². The first kappa shape index (κ1) is 20.6. The summed E-state index contributed by atoms with van der Waals surface area (Å²) in [4.78, 5) is 23.2. The Morgan fingerprint density at radius 2 is 2.03 bits per heavy atom. The number of nitro benzene ring substituents is 1. The number of anilines is 1. The topological polar surface area (TPSA) is 180 Å². The maximum absolute atomic E-state index is 12.8. The molecule has 1 amide bonds. The zero-order valence-electron chi connectivity index (χ0n) is 15.9. The van der Waals surface area contributed by atoms with Crippen molar-refractivity contribution in [3.8, 4) is 17.1 Å². The molecule has 0 saturated heterocycles. The Morgan fingerprint density at radius 1 is 1.25 bits per heavy atom. The predicted octanol–water partition coefficient (Wildman–Crippen LogP) is 2.22. The van der Waals surface area contributed by atoms with E-state index < -0.39 is 10.8 Å². The van der Waals surface area contributed by atoms with Crippen molar-refractivity contribution in [1.82, 2.24) is 30.7 Å². The third-order valence-corrected chi connectivity index (χ3v) is 4.40. The first-order valence-corrected chi connectivity index (χ1v) is 9.19. The largest absolute Gasteiger partial charge is 0.378 e. The number of halogens is 1. The molecular formula is C18H12ClN9O4. The van der Waals surface area contributed by atoms with Crippen LogP contribution in [0.4, 0.5) is 11.5 Å². The highest BCUT2D eigenvalue weighted by Gasteiger charge is 2.25. The molecule has 2 aromatic heterocycles. The van der Waals surface area contributed by atoms with E-state index in [9.17, 15) is 14.9 Å². The molecule has 4 aromatic rings. The molecule has 0 saturated carbocycles. The average Bonchev–Trinajstić information content (AvgIpc) is 3.39. The number of nitrogens with zero attached hydrogens (tertiary/aromatic N) is 7. The zero-order valence-corrected chi connectivity index (χ0v) is 16.7. The fourth-order valence-electron chi connectivity index (χ4n) is 2.73. The standard InChI is InChI=1S/C18H12ClN9O4/c19-12-3-1-2-10(8-12)9-21-23-18(29)14-15(11-4-6-13(7-5-11)28(30)31)27(26-22-14)17-16(20)24-32-25-17/h1-9H,(H2,20,24)(H,23,29)/b21-9-. The third-order valence-electron chi connectivity index (χ3n) is 4.16. The van der Waals surface area contributed by atoms with Crippen molar-refractivity contribution in [3.63, 3.8) is 0 Å². The van der Waals surface area contributed by atoms with Crippen molar-refractivity contribution in [2.24, 2.45) is 5.10 Å². The zero-order chi connectivity index (χ0) is 22.7. The number of nitrogen functional groups attached to an aromatic ring is 1. The Hall–Kier alpha value is -4.65. The SMILES string of the molecule is Nc1nonc1-n1nnc(C(=O)N/N=C\c2cccc(Cl)c2)c1-c1ccc([N+](=O)[O-])cc1. The monoisotopic (exact) mass is 453 g/mol. The van der Waals surface area contributed by atoms with E-state index in [1.54, 1.807) is 24.3 Å². The lowest BCUT2D eigenvalue weighted by molar-refractivity contribution is -0.384. The molecule has 0 radical (unpaired) electrons. The van der Waals surface area contributed by atoms with Crippen LogP contribution >= 0.6 is 11.6 Å². The molecule has 0 fully saturated rings. The van der Waals surface area contributed by atoms with E-state index in [-0.39, 0.29) is 28.7 Å². The molecular weight excluding hydrogens is 442 g/mol. The van der Waals surface area contributed by atoms with E-state index in [0.29, 0.717) is 16.1 Å². The van der Waals surface area contributed by atoms with Crippen LogP contribution in [0, 0.1) is 10.1 Å². The van der Waals surface area contributed by atoms with Gasteiger partial charge in [-0.3, -0.25) is 14.9 Å². The van der Waals surface area contributed by atoms with Crippen LogP contribution in [0.25, 0.3) is 17.1 Å². The van der Waals surface area contributed by atoms with Crippen LogP contribution in [0.2, 0.25) is 5.02 Å². The highest BCUT2D eigenvalue weighted by atomic mass is 35.5. The lowest BCUT2D eigenvalue weighted by Crippen LogP contribution is -2.19. The summed E-state index contributed by atoms with van der Waals surface area (Å²) in [6.45, 7) is 0. The lowest BCUT2D eigenvalue weighted by Gasteiger charge is -2.05. The summed E-state index contributed by atoms with van der Waals surface area (Å²) in [7, 11) is 0. The number of carbonyl (C=O) groups excluding carboxylic acids is 1. The normalized spacial score (nSPS) is 11.0. The second-order valence-corrected chi connectivity index (χ2v) is 6.67. The van der Waals surface area contributed by atoms with Gasteiger partial charge in [-0.25, -0.2) is 10.1 Å². The first-order valence-electron chi connectivity index (χ1n) is 8.82. The van der Waals surface area contributed by atoms with Crippen molar-refractivity contribution in [2.75, 3.05) is 5.73 Å². The molecule has 0 spiro atoms. The van der Waals surface area contributed by atoms with Crippen molar-refractivity contribution >= 4 is 35.2 Å². The van der Waals surface area contributed by atoms with Gasteiger partial charge in [-0.1, -0.05) is 28.9 Å². The molecule has 13 nitrogen and oxygen atoms in total. The number of nitrogens with one attached hydrogen (secondary N) is 1. The summed E-state index contributed by atoms with van der Waals surface area (Å²) in [6, 6.07) is 12.3. The second kappa shape index (κ2) is 8.61. The summed E-state index contributed by atoms with van der Waals surface area (Å²) in [5, 5.41) is 30.3. The minimum atomic E-state index is -0.696. The maximum Gasteiger partial charge on any atom is 0.294 e. The summed E-state index contributed by atoms with van der Waals surface area (Å²) in [6.07, 6.45) is 1.40. The molecule has 0 aliphatic heterocycles. The van der Waals surface area contributed by atoms with Gasteiger partial charge >= 0.3 is 0 Å². The van der Waals surface area contributed by atoms with Gasteiger partial charge in [-0.2, -0.15) is 9.78 Å². The number of hydrazone groups is 1. The van der Waals surface area contributed by atoms with Crippen molar-refractivity contribution in [1.29, 1.82) is 0 Å². The molecule has 0 aliphatic carbocycles. The van der Waals surface area contributed by atoms with Gasteiger partial charge < -0.3 is 5.73 Å². The van der Waals surface area contributed by atoms with Gasteiger partial charge in [-0.05, 0) is 40.1 Å². The molecule has 14 heteroatoms. The number of amides is 1. The van der Waals surface area contributed by atoms with Crippen LogP contribution in [0.1, 0.15) is 16.1 Å². The Labute approximate surface area is 183 Å². The molecule has 0 atom stereocenters. The quantitative estimate of drug-likeness (QED) is 0.251.